The van der Waals surface area contributed by atoms with Gasteiger partial charge in [-0.05, 0) is 31.2 Å². The quantitative estimate of drug-likeness (QED) is 0.483. The third kappa shape index (κ3) is 5.29. The molecule has 0 fully saturated rings. The van der Waals surface area contributed by atoms with Crippen LogP contribution < -0.4 is 5.32 Å². The summed E-state index contributed by atoms with van der Waals surface area (Å²) in [5.74, 6) is -0.137. The first-order valence-electron chi connectivity index (χ1n) is 6.82. The predicted molar refractivity (Wildman–Crippen MR) is 83.9 cm³/mol. The molecule has 1 N–H and O–H groups in total. The van der Waals surface area contributed by atoms with Gasteiger partial charge in [-0.1, -0.05) is 17.7 Å². The van der Waals surface area contributed by atoms with Crippen LogP contribution in [0.1, 0.15) is 16.1 Å². The van der Waals surface area contributed by atoms with Crippen LogP contribution in [0.2, 0.25) is 0 Å². The highest BCUT2D eigenvalue weighted by Gasteiger charge is 2.11. The fourth-order valence-electron chi connectivity index (χ4n) is 1.64. The van der Waals surface area contributed by atoms with Crippen molar-refractivity contribution in [3.05, 3.63) is 54.0 Å². The summed E-state index contributed by atoms with van der Waals surface area (Å²) in [6.07, 6.45) is 1.37. The molecule has 0 aliphatic heterocycles. The second kappa shape index (κ2) is 8.29. The van der Waals surface area contributed by atoms with Crippen LogP contribution in [0.4, 0.5) is 0 Å². The molecule has 2 rings (SSSR count). The van der Waals surface area contributed by atoms with E-state index in [0.717, 1.165) is 10.6 Å². The summed E-state index contributed by atoms with van der Waals surface area (Å²) < 4.78 is 9.70. The lowest BCUT2D eigenvalue weighted by Crippen LogP contribution is -2.30. The Balaban J connectivity index is 1.59. The largest absolute Gasteiger partial charge is 0.457 e. The van der Waals surface area contributed by atoms with E-state index < -0.39 is 5.97 Å². The highest BCUT2D eigenvalue weighted by molar-refractivity contribution is 7.99. The van der Waals surface area contributed by atoms with Crippen molar-refractivity contribution in [1.82, 2.24) is 5.32 Å². The summed E-state index contributed by atoms with van der Waals surface area (Å²) in [6.45, 7) is 2.24. The number of esters is 1. The van der Waals surface area contributed by atoms with Gasteiger partial charge in [-0.3, -0.25) is 4.79 Å². The van der Waals surface area contributed by atoms with Crippen molar-refractivity contribution in [2.24, 2.45) is 0 Å². The molecule has 0 saturated carbocycles. The molecule has 0 saturated heterocycles. The Morgan fingerprint density at radius 3 is 2.68 bits per heavy atom. The van der Waals surface area contributed by atoms with Crippen molar-refractivity contribution in [3.8, 4) is 0 Å². The normalized spacial score (nSPS) is 10.2. The number of rotatable bonds is 7. The number of carbonyl (C=O) groups is 2. The summed E-state index contributed by atoms with van der Waals surface area (Å²) in [4.78, 5) is 24.2. The van der Waals surface area contributed by atoms with E-state index in [1.165, 1.54) is 17.9 Å². The van der Waals surface area contributed by atoms with E-state index >= 15 is 0 Å². The molecule has 22 heavy (non-hydrogen) atoms. The van der Waals surface area contributed by atoms with Crippen molar-refractivity contribution < 1.29 is 18.7 Å². The molecular weight excluding hydrogens is 302 g/mol. The second-order valence-electron chi connectivity index (χ2n) is 4.56. The molecule has 0 atom stereocenters. The molecule has 1 amide bonds. The van der Waals surface area contributed by atoms with E-state index in [-0.39, 0.29) is 18.3 Å². The minimum Gasteiger partial charge on any atom is -0.457 e. The third-order valence-corrected chi connectivity index (χ3v) is 3.78. The predicted octanol–water partition coefficient (Wildman–Crippen LogP) is 2.65. The summed E-state index contributed by atoms with van der Waals surface area (Å²) >= 11 is 1.66. The van der Waals surface area contributed by atoms with Gasteiger partial charge in [0.2, 0.25) is 5.76 Å². The van der Waals surface area contributed by atoms with Gasteiger partial charge in [0.1, 0.15) is 0 Å². The Morgan fingerprint density at radius 2 is 2.00 bits per heavy atom. The molecule has 1 aromatic carbocycles. The molecular formula is C16H17NO4S. The summed E-state index contributed by atoms with van der Waals surface area (Å²) in [6, 6.07) is 11.3. The highest BCUT2D eigenvalue weighted by atomic mass is 32.2. The molecule has 116 valence electrons. The van der Waals surface area contributed by atoms with Crippen LogP contribution in [0.5, 0.6) is 0 Å². The number of ether oxygens (including phenoxy) is 1. The van der Waals surface area contributed by atoms with Crippen LogP contribution in [0.15, 0.2) is 52.0 Å². The van der Waals surface area contributed by atoms with Gasteiger partial charge in [0.15, 0.2) is 6.61 Å². The van der Waals surface area contributed by atoms with Crippen molar-refractivity contribution in [2.45, 2.75) is 11.8 Å². The van der Waals surface area contributed by atoms with Gasteiger partial charge in [0.25, 0.3) is 5.91 Å². The van der Waals surface area contributed by atoms with Crippen LogP contribution in [0.3, 0.4) is 0 Å². The van der Waals surface area contributed by atoms with Crippen LogP contribution >= 0.6 is 11.8 Å². The Kier molecular flexibility index (Phi) is 6.09. The zero-order chi connectivity index (χ0) is 15.8. The molecule has 1 heterocycles. The van der Waals surface area contributed by atoms with Crippen LogP contribution in [0, 0.1) is 6.92 Å². The molecule has 0 radical (unpaired) electrons. The van der Waals surface area contributed by atoms with Gasteiger partial charge in [0, 0.05) is 17.2 Å². The average molecular weight is 319 g/mol. The number of amides is 1. The van der Waals surface area contributed by atoms with E-state index in [0.29, 0.717) is 6.54 Å². The van der Waals surface area contributed by atoms with Gasteiger partial charge < -0.3 is 14.5 Å². The van der Waals surface area contributed by atoms with E-state index in [1.807, 2.05) is 19.1 Å². The van der Waals surface area contributed by atoms with Gasteiger partial charge in [-0.25, -0.2) is 4.79 Å². The Hall–Kier alpha value is -2.21. The molecule has 0 aliphatic rings. The van der Waals surface area contributed by atoms with E-state index in [1.54, 1.807) is 17.8 Å². The van der Waals surface area contributed by atoms with Gasteiger partial charge in [0.05, 0.1) is 6.26 Å². The van der Waals surface area contributed by atoms with Crippen LogP contribution in [0.25, 0.3) is 0 Å². The van der Waals surface area contributed by atoms with Crippen molar-refractivity contribution in [3.63, 3.8) is 0 Å². The summed E-state index contributed by atoms with van der Waals surface area (Å²) in [5, 5.41) is 2.70. The maximum atomic E-state index is 11.5. The Bertz CT molecular complexity index is 608. The second-order valence-corrected chi connectivity index (χ2v) is 5.73. The maximum absolute atomic E-state index is 11.5. The molecule has 0 spiro atoms. The number of hydrogen-bond donors (Lipinski definition) is 1. The van der Waals surface area contributed by atoms with E-state index in [2.05, 4.69) is 17.4 Å². The molecule has 2 aromatic rings. The molecule has 6 heteroatoms. The molecule has 5 nitrogen and oxygen atoms in total. The Morgan fingerprint density at radius 1 is 1.23 bits per heavy atom. The van der Waals surface area contributed by atoms with E-state index in [4.69, 9.17) is 9.15 Å². The number of benzene rings is 1. The lowest BCUT2D eigenvalue weighted by Gasteiger charge is -2.06. The van der Waals surface area contributed by atoms with Gasteiger partial charge >= 0.3 is 5.97 Å². The van der Waals surface area contributed by atoms with E-state index in [9.17, 15) is 9.59 Å². The molecule has 1 aromatic heterocycles. The summed E-state index contributed by atoms with van der Waals surface area (Å²) in [7, 11) is 0. The van der Waals surface area contributed by atoms with Gasteiger partial charge in [-0.2, -0.15) is 0 Å². The minimum absolute atomic E-state index is 0.0859. The average Bonchev–Trinajstić information content (AvgIpc) is 3.05. The molecule has 0 unspecified atom stereocenters. The maximum Gasteiger partial charge on any atom is 0.374 e. The number of nitrogens with one attached hydrogen (secondary N) is 1. The van der Waals surface area contributed by atoms with Crippen molar-refractivity contribution >= 4 is 23.6 Å². The number of thioether (sulfide) groups is 1. The lowest BCUT2D eigenvalue weighted by molar-refractivity contribution is -0.124. The third-order valence-electron chi connectivity index (χ3n) is 2.77. The molecule has 0 bridgehead atoms. The summed E-state index contributed by atoms with van der Waals surface area (Å²) in [5.41, 5.74) is 1.22. The standard InChI is InChI=1S/C16H17NO4S/c1-12-4-6-13(7-5-12)22-10-8-17-15(18)11-21-16(19)14-3-2-9-20-14/h2-7,9H,8,10-11H2,1H3,(H,17,18). The van der Waals surface area contributed by atoms with Crippen LogP contribution in [-0.2, 0) is 9.53 Å². The SMILES string of the molecule is Cc1ccc(SCCNC(=O)COC(=O)c2ccco2)cc1. The number of aryl methyl sites for hydroxylation is 1. The number of hydrogen-bond acceptors (Lipinski definition) is 5. The minimum atomic E-state index is -0.644. The number of carbonyl (C=O) groups excluding carboxylic acids is 2. The smallest absolute Gasteiger partial charge is 0.374 e. The first kappa shape index (κ1) is 16.2. The first-order chi connectivity index (χ1) is 10.6. The Labute approximate surface area is 133 Å². The molecule has 0 aliphatic carbocycles. The van der Waals surface area contributed by atoms with Crippen molar-refractivity contribution in [1.29, 1.82) is 0 Å². The highest BCUT2D eigenvalue weighted by Crippen LogP contribution is 2.17. The fraction of sp³-hybridized carbons (Fsp3) is 0.250. The van der Waals surface area contributed by atoms with Gasteiger partial charge in [-0.15, -0.1) is 11.8 Å². The van der Waals surface area contributed by atoms with Crippen LogP contribution in [-0.4, -0.2) is 30.8 Å². The monoisotopic (exact) mass is 319 g/mol. The topological polar surface area (TPSA) is 68.5 Å². The number of furan rings is 1. The zero-order valence-corrected chi connectivity index (χ0v) is 13.0. The first-order valence-corrected chi connectivity index (χ1v) is 7.80. The lowest BCUT2D eigenvalue weighted by atomic mass is 10.2. The van der Waals surface area contributed by atoms with Crippen molar-refractivity contribution in [2.75, 3.05) is 18.9 Å². The zero-order valence-electron chi connectivity index (χ0n) is 12.2. The fourth-order valence-corrected chi connectivity index (χ4v) is 2.41.